The highest BCUT2D eigenvalue weighted by Crippen LogP contribution is 2.15. The molecule has 0 saturated heterocycles. The van der Waals surface area contributed by atoms with Gasteiger partial charge in [0.2, 0.25) is 0 Å². The van der Waals surface area contributed by atoms with E-state index in [1.54, 1.807) is 25.1 Å². The predicted molar refractivity (Wildman–Crippen MR) is 80.9 cm³/mol. The Kier molecular flexibility index (Phi) is 7.01. The van der Waals surface area contributed by atoms with Gasteiger partial charge in [-0.2, -0.15) is 11.8 Å². The Balaban J connectivity index is 2.59. The van der Waals surface area contributed by atoms with Gasteiger partial charge in [0.1, 0.15) is 11.9 Å². The van der Waals surface area contributed by atoms with Gasteiger partial charge in [-0.1, -0.05) is 18.2 Å². The second-order valence-corrected chi connectivity index (χ2v) is 5.52. The fraction of sp³-hybridized carbons (Fsp3) is 0.429. The van der Waals surface area contributed by atoms with E-state index in [-0.39, 0.29) is 0 Å². The number of nitrogens with one attached hydrogen (secondary N) is 2. The van der Waals surface area contributed by atoms with Crippen molar-refractivity contribution in [1.29, 1.82) is 0 Å². The summed E-state index contributed by atoms with van der Waals surface area (Å²) in [4.78, 5) is 22.8. The van der Waals surface area contributed by atoms with Crippen molar-refractivity contribution >= 4 is 23.8 Å². The molecule has 0 fully saturated rings. The van der Waals surface area contributed by atoms with Crippen LogP contribution >= 0.6 is 11.8 Å². The van der Waals surface area contributed by atoms with E-state index >= 15 is 0 Å². The summed E-state index contributed by atoms with van der Waals surface area (Å²) in [6.45, 7) is 1.63. The first-order valence-corrected chi connectivity index (χ1v) is 7.88. The van der Waals surface area contributed by atoms with Gasteiger partial charge in [-0.25, -0.2) is 14.0 Å². The van der Waals surface area contributed by atoms with E-state index in [0.29, 0.717) is 17.7 Å². The summed E-state index contributed by atoms with van der Waals surface area (Å²) < 4.78 is 13.6. The van der Waals surface area contributed by atoms with E-state index in [4.69, 9.17) is 5.11 Å². The number of halogens is 1. The fourth-order valence-corrected chi connectivity index (χ4v) is 2.27. The zero-order valence-corrected chi connectivity index (χ0v) is 12.7. The summed E-state index contributed by atoms with van der Waals surface area (Å²) in [6, 6.07) is 3.99. The second kappa shape index (κ2) is 8.51. The van der Waals surface area contributed by atoms with Crippen LogP contribution in [0.4, 0.5) is 9.18 Å². The van der Waals surface area contributed by atoms with Crippen LogP contribution in [0.2, 0.25) is 0 Å². The molecule has 1 unspecified atom stereocenters. The molecule has 0 saturated carbocycles. The fourth-order valence-electron chi connectivity index (χ4n) is 1.79. The Hall–Kier alpha value is -1.76. The van der Waals surface area contributed by atoms with Gasteiger partial charge >= 0.3 is 12.0 Å². The lowest BCUT2D eigenvalue weighted by Gasteiger charge is -2.18. The van der Waals surface area contributed by atoms with Crippen LogP contribution in [-0.4, -0.2) is 35.2 Å². The minimum Gasteiger partial charge on any atom is -0.480 e. The number of rotatable bonds is 7. The quantitative estimate of drug-likeness (QED) is 0.722. The van der Waals surface area contributed by atoms with Crippen LogP contribution in [-0.2, 0) is 4.79 Å². The molecule has 0 aliphatic heterocycles. The van der Waals surface area contributed by atoms with E-state index < -0.39 is 29.9 Å². The number of carboxylic acids is 1. The first kappa shape index (κ1) is 17.3. The molecule has 0 heterocycles. The molecule has 0 aliphatic carbocycles. The first-order valence-electron chi connectivity index (χ1n) is 6.49. The van der Waals surface area contributed by atoms with E-state index in [0.717, 1.165) is 0 Å². The normalized spacial score (nSPS) is 13.3. The third-order valence-electron chi connectivity index (χ3n) is 2.93. The van der Waals surface area contributed by atoms with E-state index in [2.05, 4.69) is 10.6 Å². The third-order valence-corrected chi connectivity index (χ3v) is 3.58. The summed E-state index contributed by atoms with van der Waals surface area (Å²) in [5.41, 5.74) is 0.351. The van der Waals surface area contributed by atoms with E-state index in [9.17, 15) is 14.0 Å². The van der Waals surface area contributed by atoms with Crippen molar-refractivity contribution in [3.05, 3.63) is 35.6 Å². The van der Waals surface area contributed by atoms with E-state index in [1.165, 1.54) is 17.8 Å². The number of carbonyl (C=O) groups excluding carboxylic acids is 1. The number of hydrogen-bond acceptors (Lipinski definition) is 3. The average molecular weight is 314 g/mol. The number of aliphatic carboxylic acids is 1. The largest absolute Gasteiger partial charge is 0.480 e. The molecule has 3 N–H and O–H groups in total. The molecule has 21 heavy (non-hydrogen) atoms. The summed E-state index contributed by atoms with van der Waals surface area (Å²) in [6.07, 6.45) is 2.19. The molecule has 7 heteroatoms. The molecule has 0 bridgehead atoms. The van der Waals surface area contributed by atoms with Gasteiger partial charge in [0, 0.05) is 5.56 Å². The van der Waals surface area contributed by atoms with E-state index in [1.807, 2.05) is 6.26 Å². The summed E-state index contributed by atoms with van der Waals surface area (Å²) in [5.74, 6) is -0.875. The molecule has 2 atom stereocenters. The highest BCUT2D eigenvalue weighted by Gasteiger charge is 2.21. The van der Waals surface area contributed by atoms with Gasteiger partial charge in [-0.05, 0) is 31.4 Å². The maximum absolute atomic E-state index is 13.6. The van der Waals surface area contributed by atoms with Crippen molar-refractivity contribution in [2.75, 3.05) is 12.0 Å². The van der Waals surface area contributed by atoms with Crippen LogP contribution in [0.3, 0.4) is 0 Å². The topological polar surface area (TPSA) is 78.4 Å². The molecule has 116 valence electrons. The molecule has 0 spiro atoms. The summed E-state index contributed by atoms with van der Waals surface area (Å²) in [7, 11) is 0. The van der Waals surface area contributed by atoms with Gasteiger partial charge in [-0.3, -0.25) is 0 Å². The standard InChI is InChI=1S/C14H19FN2O3S/c1-9(10-5-3-4-6-11(10)15)16-14(20)17-12(13(18)19)7-8-21-2/h3-6,9,12H,7-8H2,1-2H3,(H,18,19)(H2,16,17,20)/t9?,12-/m0/s1. The SMILES string of the molecule is CSCC[C@H](NC(=O)NC(C)c1ccccc1F)C(=O)O. The zero-order chi connectivity index (χ0) is 15.8. The van der Waals surface area contributed by atoms with Crippen molar-refractivity contribution in [3.8, 4) is 0 Å². The number of benzene rings is 1. The van der Waals surface area contributed by atoms with Crippen LogP contribution in [0.5, 0.6) is 0 Å². The lowest BCUT2D eigenvalue weighted by atomic mass is 10.1. The Morgan fingerprint density at radius 1 is 1.33 bits per heavy atom. The van der Waals surface area contributed by atoms with Crippen molar-refractivity contribution in [2.24, 2.45) is 0 Å². The number of urea groups is 1. The monoisotopic (exact) mass is 314 g/mol. The predicted octanol–water partition coefficient (Wildman–Crippen LogP) is 2.39. The van der Waals surface area contributed by atoms with Gasteiger partial charge in [-0.15, -0.1) is 0 Å². The smallest absolute Gasteiger partial charge is 0.326 e. The maximum atomic E-state index is 13.6. The molecule has 0 radical (unpaired) electrons. The van der Waals surface area contributed by atoms with Crippen molar-refractivity contribution in [1.82, 2.24) is 10.6 Å². The first-order chi connectivity index (χ1) is 9.95. The lowest BCUT2D eigenvalue weighted by Crippen LogP contribution is -2.46. The minimum absolute atomic E-state index is 0.331. The molecule has 5 nitrogen and oxygen atoms in total. The second-order valence-electron chi connectivity index (χ2n) is 4.53. The highest BCUT2D eigenvalue weighted by atomic mass is 32.2. The molecule has 0 aliphatic rings. The molecule has 1 rings (SSSR count). The van der Waals surface area contributed by atoms with Gasteiger partial charge in [0.05, 0.1) is 6.04 Å². The zero-order valence-electron chi connectivity index (χ0n) is 11.9. The summed E-state index contributed by atoms with van der Waals surface area (Å²) >= 11 is 1.50. The Morgan fingerprint density at radius 2 is 2.00 bits per heavy atom. The van der Waals surface area contributed by atoms with Gasteiger partial charge in [0.25, 0.3) is 0 Å². The van der Waals surface area contributed by atoms with Crippen LogP contribution in [0.15, 0.2) is 24.3 Å². The number of thioether (sulfide) groups is 1. The molecular formula is C14H19FN2O3S. The van der Waals surface area contributed by atoms with Crippen LogP contribution < -0.4 is 10.6 Å². The van der Waals surface area contributed by atoms with Crippen LogP contribution in [0.25, 0.3) is 0 Å². The average Bonchev–Trinajstić information content (AvgIpc) is 2.43. The Morgan fingerprint density at radius 3 is 2.57 bits per heavy atom. The Labute approximate surface area is 127 Å². The number of hydrogen-bond donors (Lipinski definition) is 3. The summed E-state index contributed by atoms with van der Waals surface area (Å²) in [5, 5.41) is 14.0. The Bertz CT molecular complexity index is 499. The number of carboxylic acid groups (broad SMARTS) is 1. The molecule has 2 amide bonds. The van der Waals surface area contributed by atoms with Crippen molar-refractivity contribution < 1.29 is 19.1 Å². The van der Waals surface area contributed by atoms with Gasteiger partial charge in [0.15, 0.2) is 0 Å². The lowest BCUT2D eigenvalue weighted by molar-refractivity contribution is -0.139. The van der Waals surface area contributed by atoms with Crippen molar-refractivity contribution in [2.45, 2.75) is 25.4 Å². The van der Waals surface area contributed by atoms with Gasteiger partial charge < -0.3 is 15.7 Å². The number of amides is 2. The third kappa shape index (κ3) is 5.63. The highest BCUT2D eigenvalue weighted by molar-refractivity contribution is 7.98. The molecule has 1 aromatic carbocycles. The number of carbonyl (C=O) groups is 2. The molecule has 0 aromatic heterocycles. The maximum Gasteiger partial charge on any atom is 0.326 e. The molecular weight excluding hydrogens is 295 g/mol. The van der Waals surface area contributed by atoms with Crippen LogP contribution in [0, 0.1) is 5.82 Å². The van der Waals surface area contributed by atoms with Crippen molar-refractivity contribution in [3.63, 3.8) is 0 Å². The molecule has 1 aromatic rings. The van der Waals surface area contributed by atoms with Crippen LogP contribution in [0.1, 0.15) is 24.9 Å². The minimum atomic E-state index is -1.09.